The van der Waals surface area contributed by atoms with E-state index < -0.39 is 0 Å². The molecule has 4 aliphatic rings. The number of nitrogens with one attached hydrogen (secondary N) is 2. The summed E-state index contributed by atoms with van der Waals surface area (Å²) in [4.78, 5) is 23.9. The maximum Gasteiger partial charge on any atom is 0.286 e. The molecule has 2 N–H and O–H groups in total. The summed E-state index contributed by atoms with van der Waals surface area (Å²) in [7, 11) is 0. The van der Waals surface area contributed by atoms with Crippen LogP contribution in [0.2, 0.25) is 0 Å². The number of carbonyl (C=O) groups is 2. The van der Waals surface area contributed by atoms with Gasteiger partial charge in [-0.3, -0.25) is 9.59 Å². The van der Waals surface area contributed by atoms with Gasteiger partial charge < -0.3 is 15.1 Å². The maximum absolute atomic E-state index is 12.1. The van der Waals surface area contributed by atoms with Crippen LogP contribution in [0, 0.1) is 23.2 Å². The summed E-state index contributed by atoms with van der Waals surface area (Å²) in [5.41, 5.74) is 0.363. The van der Waals surface area contributed by atoms with E-state index in [0.29, 0.717) is 18.4 Å². The normalized spacial score (nSPS) is 33.4. The van der Waals surface area contributed by atoms with Gasteiger partial charge in [-0.15, -0.1) is 0 Å². The highest BCUT2D eigenvalue weighted by molar-refractivity contribution is 5.91. The fraction of sp³-hybridized carbons (Fsp3) is 0.684. The molecule has 1 aromatic rings. The minimum Gasteiger partial charge on any atom is -0.459 e. The highest BCUT2D eigenvalue weighted by Gasteiger charge is 2.50. The Morgan fingerprint density at radius 1 is 1.08 bits per heavy atom. The summed E-state index contributed by atoms with van der Waals surface area (Å²) in [6.07, 6.45) is 9.95. The van der Waals surface area contributed by atoms with E-state index >= 15 is 0 Å². The molecule has 4 fully saturated rings. The number of hydrogen-bond donors (Lipinski definition) is 2. The van der Waals surface area contributed by atoms with Gasteiger partial charge in [0.15, 0.2) is 5.76 Å². The highest BCUT2D eigenvalue weighted by atomic mass is 16.3. The lowest BCUT2D eigenvalue weighted by molar-refractivity contribution is -0.123. The summed E-state index contributed by atoms with van der Waals surface area (Å²) in [5.74, 6) is 2.76. The van der Waals surface area contributed by atoms with Crippen LogP contribution < -0.4 is 10.6 Å². The fourth-order valence-electron chi connectivity index (χ4n) is 5.67. The molecule has 0 atom stereocenters. The van der Waals surface area contributed by atoms with Crippen LogP contribution in [0.4, 0.5) is 0 Å². The molecule has 24 heavy (non-hydrogen) atoms. The van der Waals surface area contributed by atoms with Crippen LogP contribution in [0.3, 0.4) is 0 Å². The van der Waals surface area contributed by atoms with Crippen molar-refractivity contribution in [1.29, 1.82) is 0 Å². The van der Waals surface area contributed by atoms with Gasteiger partial charge in [-0.25, -0.2) is 0 Å². The van der Waals surface area contributed by atoms with E-state index in [1.54, 1.807) is 12.1 Å². The van der Waals surface area contributed by atoms with Crippen LogP contribution in [0.15, 0.2) is 22.8 Å². The smallest absolute Gasteiger partial charge is 0.286 e. The van der Waals surface area contributed by atoms with Crippen molar-refractivity contribution in [2.75, 3.05) is 13.1 Å². The van der Waals surface area contributed by atoms with E-state index in [9.17, 15) is 9.59 Å². The van der Waals surface area contributed by atoms with Crippen molar-refractivity contribution >= 4 is 11.8 Å². The third-order valence-electron chi connectivity index (χ3n) is 6.21. The van der Waals surface area contributed by atoms with E-state index in [1.807, 2.05) is 0 Å². The second-order valence-corrected chi connectivity index (χ2v) is 8.18. The SMILES string of the molecule is O=C(CCNC(=O)c1ccco1)NCC12CC3CC(CC(C3)C1)C2. The first-order valence-electron chi connectivity index (χ1n) is 9.20. The molecule has 0 saturated heterocycles. The molecule has 0 aliphatic heterocycles. The average Bonchev–Trinajstić information content (AvgIpc) is 3.06. The lowest BCUT2D eigenvalue weighted by Crippen LogP contribution is -2.51. The van der Waals surface area contributed by atoms with Gasteiger partial charge in [0.25, 0.3) is 5.91 Å². The lowest BCUT2D eigenvalue weighted by atomic mass is 9.49. The predicted octanol–water partition coefficient (Wildman–Crippen LogP) is 2.73. The van der Waals surface area contributed by atoms with E-state index in [4.69, 9.17) is 4.42 Å². The Labute approximate surface area is 142 Å². The zero-order chi connectivity index (χ0) is 16.6. The molecule has 130 valence electrons. The van der Waals surface area contributed by atoms with Gasteiger partial charge in [0, 0.05) is 19.5 Å². The quantitative estimate of drug-likeness (QED) is 0.842. The van der Waals surface area contributed by atoms with Crippen LogP contribution in [0.1, 0.15) is 55.5 Å². The van der Waals surface area contributed by atoms with Gasteiger partial charge in [-0.2, -0.15) is 0 Å². The van der Waals surface area contributed by atoms with Gasteiger partial charge >= 0.3 is 0 Å². The molecule has 5 nitrogen and oxygen atoms in total. The number of furan rings is 1. The summed E-state index contributed by atoms with van der Waals surface area (Å²) in [6, 6.07) is 3.29. The first-order chi connectivity index (χ1) is 11.6. The molecule has 0 unspecified atom stereocenters. The molecule has 4 saturated carbocycles. The van der Waals surface area contributed by atoms with Gasteiger partial charge in [0.05, 0.1) is 6.26 Å². The van der Waals surface area contributed by atoms with E-state index in [-0.39, 0.29) is 17.6 Å². The van der Waals surface area contributed by atoms with Crippen LogP contribution in [0.5, 0.6) is 0 Å². The second-order valence-electron chi connectivity index (χ2n) is 8.18. The Bertz CT molecular complexity index is 573. The first kappa shape index (κ1) is 15.7. The Morgan fingerprint density at radius 2 is 1.75 bits per heavy atom. The standard InChI is InChI=1S/C19H26N2O3/c22-17(3-4-20-18(23)16-2-1-5-24-16)21-12-19-9-13-6-14(10-19)8-15(7-13)11-19/h1-2,5,13-15H,3-4,6-12H2,(H,20,23)(H,21,22). The molecule has 4 bridgehead atoms. The van der Waals surface area contributed by atoms with Crippen molar-refractivity contribution in [2.45, 2.75) is 44.9 Å². The second kappa shape index (κ2) is 6.26. The molecule has 0 spiro atoms. The average molecular weight is 330 g/mol. The molecule has 0 aromatic carbocycles. The van der Waals surface area contributed by atoms with Crippen molar-refractivity contribution in [3.8, 4) is 0 Å². The van der Waals surface area contributed by atoms with Gasteiger partial charge in [-0.1, -0.05) is 0 Å². The van der Waals surface area contributed by atoms with Crippen molar-refractivity contribution in [1.82, 2.24) is 10.6 Å². The molecule has 5 heteroatoms. The van der Waals surface area contributed by atoms with E-state index in [1.165, 1.54) is 44.8 Å². The van der Waals surface area contributed by atoms with Gasteiger partial charge in [0.2, 0.25) is 5.91 Å². The molecular formula is C19H26N2O3. The van der Waals surface area contributed by atoms with Crippen molar-refractivity contribution in [3.63, 3.8) is 0 Å². The monoisotopic (exact) mass is 330 g/mol. The summed E-state index contributed by atoms with van der Waals surface area (Å²) < 4.78 is 5.03. The Morgan fingerprint density at radius 3 is 2.33 bits per heavy atom. The molecule has 4 aliphatic carbocycles. The Hall–Kier alpha value is -1.78. The first-order valence-corrected chi connectivity index (χ1v) is 9.20. The summed E-state index contributed by atoms with van der Waals surface area (Å²) in [5, 5.41) is 5.85. The highest BCUT2D eigenvalue weighted by Crippen LogP contribution is 2.59. The van der Waals surface area contributed by atoms with Crippen molar-refractivity contribution in [3.05, 3.63) is 24.2 Å². The molecule has 1 heterocycles. The van der Waals surface area contributed by atoms with Crippen molar-refractivity contribution in [2.24, 2.45) is 23.2 Å². The fourth-order valence-corrected chi connectivity index (χ4v) is 5.67. The summed E-state index contributed by atoms with van der Waals surface area (Å²) in [6.45, 7) is 1.16. The molecule has 2 amide bonds. The van der Waals surface area contributed by atoms with Gasteiger partial charge in [0.1, 0.15) is 0 Å². The Kier molecular flexibility index (Phi) is 4.10. The van der Waals surface area contributed by atoms with Crippen LogP contribution in [-0.4, -0.2) is 24.9 Å². The lowest BCUT2D eigenvalue weighted by Gasteiger charge is -2.56. The number of rotatable bonds is 6. The van der Waals surface area contributed by atoms with Gasteiger partial charge in [-0.05, 0) is 73.8 Å². The van der Waals surface area contributed by atoms with Crippen LogP contribution in [0.25, 0.3) is 0 Å². The molecule has 1 aromatic heterocycles. The minimum atomic E-state index is -0.270. The number of carbonyl (C=O) groups excluding carboxylic acids is 2. The topological polar surface area (TPSA) is 71.3 Å². The van der Waals surface area contributed by atoms with Crippen LogP contribution in [-0.2, 0) is 4.79 Å². The number of hydrogen-bond acceptors (Lipinski definition) is 3. The predicted molar refractivity (Wildman–Crippen MR) is 89.3 cm³/mol. The van der Waals surface area contributed by atoms with E-state index in [2.05, 4.69) is 10.6 Å². The molecular weight excluding hydrogens is 304 g/mol. The number of amides is 2. The zero-order valence-corrected chi connectivity index (χ0v) is 14.1. The Balaban J connectivity index is 1.20. The summed E-state index contributed by atoms with van der Waals surface area (Å²) >= 11 is 0. The minimum absolute atomic E-state index is 0.0329. The molecule has 5 rings (SSSR count). The third kappa shape index (κ3) is 3.21. The maximum atomic E-state index is 12.1. The third-order valence-corrected chi connectivity index (χ3v) is 6.21. The van der Waals surface area contributed by atoms with E-state index in [0.717, 1.165) is 24.3 Å². The zero-order valence-electron chi connectivity index (χ0n) is 14.1. The largest absolute Gasteiger partial charge is 0.459 e. The van der Waals surface area contributed by atoms with Crippen LogP contribution >= 0.6 is 0 Å². The van der Waals surface area contributed by atoms with Crippen molar-refractivity contribution < 1.29 is 14.0 Å². The molecule has 0 radical (unpaired) electrons.